The predicted octanol–water partition coefficient (Wildman–Crippen LogP) is 1.92. The summed E-state index contributed by atoms with van der Waals surface area (Å²) >= 11 is 0. The lowest BCUT2D eigenvalue weighted by molar-refractivity contribution is 0.137. The summed E-state index contributed by atoms with van der Waals surface area (Å²) in [5.41, 5.74) is 0. The highest BCUT2D eigenvalue weighted by Crippen LogP contribution is 2.17. The SMILES string of the molecule is C[C@H]1CCCN([C@@H](C)CNC(=O)NCc2nnc3n2CCCCC3)C1. The van der Waals surface area contributed by atoms with Gasteiger partial charge in [-0.25, -0.2) is 4.79 Å². The molecule has 0 unspecified atom stereocenters. The van der Waals surface area contributed by atoms with E-state index in [1.54, 1.807) is 0 Å². The summed E-state index contributed by atoms with van der Waals surface area (Å²) in [7, 11) is 0. The van der Waals surface area contributed by atoms with E-state index >= 15 is 0 Å². The smallest absolute Gasteiger partial charge is 0.315 e. The molecule has 1 aromatic rings. The number of aromatic nitrogens is 3. The van der Waals surface area contributed by atoms with Crippen molar-refractivity contribution in [2.24, 2.45) is 5.92 Å². The lowest BCUT2D eigenvalue weighted by atomic mass is 9.99. The number of nitrogens with zero attached hydrogens (tertiary/aromatic N) is 4. The summed E-state index contributed by atoms with van der Waals surface area (Å²) in [4.78, 5) is 14.6. The van der Waals surface area contributed by atoms with Crippen molar-refractivity contribution < 1.29 is 4.79 Å². The maximum Gasteiger partial charge on any atom is 0.315 e. The molecule has 0 aliphatic carbocycles. The third kappa shape index (κ3) is 4.93. The van der Waals surface area contributed by atoms with Crippen molar-refractivity contribution in [3.63, 3.8) is 0 Å². The Kier molecular flexibility index (Phi) is 6.29. The first-order valence-electron chi connectivity index (χ1n) is 9.80. The van der Waals surface area contributed by atoms with E-state index in [0.717, 1.165) is 50.0 Å². The van der Waals surface area contributed by atoms with Crippen LogP contribution in [0.5, 0.6) is 0 Å². The molecular weight excluding hydrogens is 316 g/mol. The largest absolute Gasteiger partial charge is 0.337 e. The molecule has 7 nitrogen and oxygen atoms in total. The van der Waals surface area contributed by atoms with Crippen LogP contribution in [0.4, 0.5) is 4.79 Å². The van der Waals surface area contributed by atoms with E-state index in [1.807, 2.05) is 0 Å². The zero-order chi connectivity index (χ0) is 17.6. The van der Waals surface area contributed by atoms with E-state index in [-0.39, 0.29) is 6.03 Å². The van der Waals surface area contributed by atoms with Gasteiger partial charge in [-0.15, -0.1) is 10.2 Å². The Bertz CT molecular complexity index is 572. The molecule has 140 valence electrons. The molecule has 0 bridgehead atoms. The molecule has 25 heavy (non-hydrogen) atoms. The summed E-state index contributed by atoms with van der Waals surface area (Å²) in [5, 5.41) is 14.5. The predicted molar refractivity (Wildman–Crippen MR) is 97.2 cm³/mol. The van der Waals surface area contributed by atoms with Crippen LogP contribution in [0.15, 0.2) is 0 Å². The first-order valence-corrected chi connectivity index (χ1v) is 9.80. The average Bonchev–Trinajstić information content (AvgIpc) is 2.84. The topological polar surface area (TPSA) is 75.1 Å². The monoisotopic (exact) mass is 348 g/mol. The number of hydrogen-bond donors (Lipinski definition) is 2. The van der Waals surface area contributed by atoms with Gasteiger partial charge in [0.15, 0.2) is 5.82 Å². The van der Waals surface area contributed by atoms with Crippen molar-refractivity contribution in [2.75, 3.05) is 19.6 Å². The summed E-state index contributed by atoms with van der Waals surface area (Å²) in [6, 6.07) is 0.251. The summed E-state index contributed by atoms with van der Waals surface area (Å²) in [6.45, 7) is 8.85. The van der Waals surface area contributed by atoms with E-state index in [9.17, 15) is 4.79 Å². The number of carbonyl (C=O) groups excluding carboxylic acids is 1. The van der Waals surface area contributed by atoms with E-state index in [4.69, 9.17) is 0 Å². The number of hydrogen-bond acceptors (Lipinski definition) is 4. The van der Waals surface area contributed by atoms with Gasteiger partial charge in [-0.1, -0.05) is 13.3 Å². The zero-order valence-corrected chi connectivity index (χ0v) is 15.6. The van der Waals surface area contributed by atoms with Crippen LogP contribution in [-0.2, 0) is 19.5 Å². The molecule has 0 radical (unpaired) electrons. The molecule has 0 spiro atoms. The quantitative estimate of drug-likeness (QED) is 0.852. The summed E-state index contributed by atoms with van der Waals surface area (Å²) < 4.78 is 2.17. The Hall–Kier alpha value is -1.63. The molecule has 7 heteroatoms. The van der Waals surface area contributed by atoms with E-state index in [0.29, 0.717) is 19.1 Å². The molecule has 2 aliphatic rings. The molecule has 1 saturated heterocycles. The molecule has 0 saturated carbocycles. The summed E-state index contributed by atoms with van der Waals surface area (Å²) in [5.74, 6) is 2.68. The van der Waals surface area contributed by atoms with Crippen LogP contribution in [0, 0.1) is 5.92 Å². The number of likely N-dealkylation sites (tertiary alicyclic amines) is 1. The zero-order valence-electron chi connectivity index (χ0n) is 15.6. The highest BCUT2D eigenvalue weighted by Gasteiger charge is 2.21. The number of piperidine rings is 1. The van der Waals surface area contributed by atoms with Crippen LogP contribution in [0.25, 0.3) is 0 Å². The van der Waals surface area contributed by atoms with Crippen molar-refractivity contribution in [3.8, 4) is 0 Å². The molecule has 1 fully saturated rings. The fourth-order valence-electron chi connectivity index (χ4n) is 3.89. The Labute approximate surface area is 150 Å². The van der Waals surface area contributed by atoms with Gasteiger partial charge in [0.05, 0.1) is 6.54 Å². The van der Waals surface area contributed by atoms with Crippen LogP contribution < -0.4 is 10.6 Å². The second-order valence-electron chi connectivity index (χ2n) is 7.65. The van der Waals surface area contributed by atoms with Gasteiger partial charge in [-0.05, 0) is 45.1 Å². The van der Waals surface area contributed by atoms with Crippen LogP contribution in [0.1, 0.15) is 57.6 Å². The molecule has 2 aliphatic heterocycles. The molecule has 1 aromatic heterocycles. The van der Waals surface area contributed by atoms with Crippen molar-refractivity contribution in [3.05, 3.63) is 11.6 Å². The Morgan fingerprint density at radius 2 is 2.08 bits per heavy atom. The molecule has 0 aromatic carbocycles. The van der Waals surface area contributed by atoms with E-state index in [2.05, 4.69) is 44.1 Å². The molecular formula is C18H32N6O. The van der Waals surface area contributed by atoms with Gasteiger partial charge in [-0.2, -0.15) is 0 Å². The number of rotatable bonds is 5. The second kappa shape index (κ2) is 8.65. The molecule has 2 amide bonds. The van der Waals surface area contributed by atoms with E-state index < -0.39 is 0 Å². The normalized spacial score (nSPS) is 22.7. The third-order valence-electron chi connectivity index (χ3n) is 5.46. The average molecular weight is 348 g/mol. The Morgan fingerprint density at radius 1 is 1.20 bits per heavy atom. The van der Waals surface area contributed by atoms with Crippen molar-refractivity contribution in [1.29, 1.82) is 0 Å². The third-order valence-corrected chi connectivity index (χ3v) is 5.46. The Morgan fingerprint density at radius 3 is 2.92 bits per heavy atom. The molecule has 2 atom stereocenters. The minimum absolute atomic E-state index is 0.122. The van der Waals surface area contributed by atoms with Crippen LogP contribution >= 0.6 is 0 Å². The van der Waals surface area contributed by atoms with Gasteiger partial charge in [0.2, 0.25) is 0 Å². The number of nitrogens with one attached hydrogen (secondary N) is 2. The minimum atomic E-state index is -0.122. The number of urea groups is 1. The van der Waals surface area contributed by atoms with Gasteiger partial charge in [0.1, 0.15) is 5.82 Å². The van der Waals surface area contributed by atoms with Crippen molar-refractivity contribution in [2.45, 2.75) is 71.5 Å². The number of amides is 2. The number of aryl methyl sites for hydroxylation is 1. The van der Waals surface area contributed by atoms with E-state index in [1.165, 1.54) is 25.7 Å². The van der Waals surface area contributed by atoms with Gasteiger partial charge in [0, 0.05) is 32.1 Å². The number of carbonyl (C=O) groups is 1. The van der Waals surface area contributed by atoms with Crippen molar-refractivity contribution in [1.82, 2.24) is 30.3 Å². The van der Waals surface area contributed by atoms with Crippen LogP contribution in [0.2, 0.25) is 0 Å². The number of fused-ring (bicyclic) bond motifs is 1. The first kappa shape index (κ1) is 18.2. The molecule has 3 rings (SSSR count). The lowest BCUT2D eigenvalue weighted by Crippen LogP contribution is -2.48. The van der Waals surface area contributed by atoms with Gasteiger partial charge >= 0.3 is 6.03 Å². The van der Waals surface area contributed by atoms with Gasteiger partial charge in [0.25, 0.3) is 0 Å². The minimum Gasteiger partial charge on any atom is -0.337 e. The van der Waals surface area contributed by atoms with Gasteiger partial charge < -0.3 is 15.2 Å². The highest BCUT2D eigenvalue weighted by molar-refractivity contribution is 5.73. The first-order chi connectivity index (χ1) is 12.1. The maximum absolute atomic E-state index is 12.1. The summed E-state index contributed by atoms with van der Waals surface area (Å²) in [6.07, 6.45) is 7.15. The van der Waals surface area contributed by atoms with Crippen molar-refractivity contribution >= 4 is 6.03 Å². The fraction of sp³-hybridized carbons (Fsp3) is 0.833. The maximum atomic E-state index is 12.1. The molecule has 3 heterocycles. The molecule has 2 N–H and O–H groups in total. The van der Waals surface area contributed by atoms with Crippen LogP contribution in [0.3, 0.4) is 0 Å². The fourth-order valence-corrected chi connectivity index (χ4v) is 3.89. The second-order valence-corrected chi connectivity index (χ2v) is 7.65. The lowest BCUT2D eigenvalue weighted by Gasteiger charge is -2.35. The van der Waals surface area contributed by atoms with Gasteiger partial charge in [-0.3, -0.25) is 4.90 Å². The standard InChI is InChI=1S/C18H32N6O/c1-14-7-6-9-23(13-14)15(2)11-19-18(25)20-12-17-22-21-16-8-4-3-5-10-24(16)17/h14-15H,3-13H2,1-2H3,(H2,19,20,25)/t14-,15-/m0/s1. The van der Waals surface area contributed by atoms with Crippen LogP contribution in [-0.4, -0.2) is 51.4 Å². The highest BCUT2D eigenvalue weighted by atomic mass is 16.2. The Balaban J connectivity index is 1.42.